The molecule has 0 spiro atoms. The van der Waals surface area contributed by atoms with Crippen molar-refractivity contribution in [1.82, 2.24) is 0 Å². The summed E-state index contributed by atoms with van der Waals surface area (Å²) in [4.78, 5) is 11.0. The third kappa shape index (κ3) is 8.43. The van der Waals surface area contributed by atoms with Gasteiger partial charge in [-0.2, -0.15) is 0 Å². The van der Waals surface area contributed by atoms with Crippen LogP contribution in [0.3, 0.4) is 0 Å². The lowest BCUT2D eigenvalue weighted by molar-refractivity contribution is 0.0813. The summed E-state index contributed by atoms with van der Waals surface area (Å²) in [6, 6.07) is 6.81. The third-order valence-corrected chi connectivity index (χ3v) is 6.64. The van der Waals surface area contributed by atoms with E-state index in [4.69, 9.17) is 15.6 Å². The molecule has 1 aliphatic carbocycles. The number of carbonyl (C=O) groups is 1. The number of ether oxygens (including phenoxy) is 1. The van der Waals surface area contributed by atoms with E-state index in [1.54, 1.807) is 24.3 Å². The van der Waals surface area contributed by atoms with Gasteiger partial charge >= 0.3 is 6.03 Å². The van der Waals surface area contributed by atoms with E-state index in [0.29, 0.717) is 37.1 Å². The van der Waals surface area contributed by atoms with E-state index in [2.05, 4.69) is 5.32 Å². The number of urea groups is 1. The highest BCUT2D eigenvalue weighted by molar-refractivity contribution is 8.00. The van der Waals surface area contributed by atoms with Gasteiger partial charge in [-0.15, -0.1) is 11.8 Å². The van der Waals surface area contributed by atoms with E-state index in [-0.39, 0.29) is 23.1 Å². The van der Waals surface area contributed by atoms with E-state index in [1.807, 2.05) is 19.1 Å². The number of aliphatic hydroxyl groups excluding tert-OH is 4. The Bertz CT molecular complexity index is 881. The molecule has 33 heavy (non-hydrogen) atoms. The highest BCUT2D eigenvalue weighted by Crippen LogP contribution is 2.36. The molecule has 1 aromatic carbocycles. The number of primary amides is 1. The van der Waals surface area contributed by atoms with Crippen LogP contribution in [0.5, 0.6) is 0 Å². The summed E-state index contributed by atoms with van der Waals surface area (Å²) in [5, 5.41) is 39.5. The van der Waals surface area contributed by atoms with Crippen LogP contribution in [0, 0.1) is 0 Å². The normalized spacial score (nSPS) is 22.9. The van der Waals surface area contributed by atoms with Gasteiger partial charge in [0.1, 0.15) is 17.0 Å². The number of nitrogens with one attached hydrogen (secondary N) is 1. The lowest BCUT2D eigenvalue weighted by atomic mass is 9.96. The number of hydrogen-bond donors (Lipinski definition) is 6. The van der Waals surface area contributed by atoms with Crippen molar-refractivity contribution in [3.63, 3.8) is 0 Å². The maximum Gasteiger partial charge on any atom is 0.316 e. The number of amides is 2. The molecule has 0 aromatic heterocycles. The van der Waals surface area contributed by atoms with E-state index < -0.39 is 12.1 Å². The summed E-state index contributed by atoms with van der Waals surface area (Å²) in [5.41, 5.74) is 8.63. The van der Waals surface area contributed by atoms with Gasteiger partial charge in [0, 0.05) is 30.5 Å². The molecule has 1 fully saturated rings. The zero-order valence-corrected chi connectivity index (χ0v) is 19.8. The first-order chi connectivity index (χ1) is 15.9. The van der Waals surface area contributed by atoms with Crippen molar-refractivity contribution in [2.75, 3.05) is 19.0 Å². The fraction of sp³-hybridized carbons (Fsp3) is 0.458. The van der Waals surface area contributed by atoms with E-state index in [0.717, 1.165) is 30.2 Å². The number of aliphatic hydroxyl groups is 4. The largest absolute Gasteiger partial charge is 0.508 e. The van der Waals surface area contributed by atoms with Gasteiger partial charge in [-0.05, 0) is 55.0 Å². The summed E-state index contributed by atoms with van der Waals surface area (Å²) in [6.07, 6.45) is 5.97. The lowest BCUT2D eigenvalue weighted by Crippen LogP contribution is -2.31. The van der Waals surface area contributed by atoms with Gasteiger partial charge in [0.05, 0.1) is 12.7 Å². The van der Waals surface area contributed by atoms with Gasteiger partial charge in [-0.25, -0.2) is 4.79 Å². The Balaban J connectivity index is 0.00000187. The molecule has 0 bridgehead atoms. The molecule has 2 aliphatic rings. The SMILES string of the molecule is CCC1=CC(O)=CC(OC2CC(O)CC(CO)S2)=C(Cc2ccc(NC(N)=O)cc2)C1.CO. The summed E-state index contributed by atoms with van der Waals surface area (Å²) in [6.45, 7) is 2.04. The molecular formula is C24H34N2O6S. The molecule has 9 heteroatoms. The standard InChI is InChI=1S/C23H30N2O5S.CH4O/c1-2-14-7-16(8-15-3-5-17(6-4-15)25-23(24)29)21(11-18(27)9-14)30-22-12-19(28)10-20(13-26)31-22;1-2/h3-6,9,11,19-20,22,26-28H,2,7-8,10,12-13H2,1H3,(H3,24,25,29);2H,1H3. The number of hydrogen-bond acceptors (Lipinski definition) is 7. The number of allylic oxidation sites excluding steroid dienone is 4. The second-order valence-corrected chi connectivity index (χ2v) is 9.31. The van der Waals surface area contributed by atoms with Gasteiger partial charge < -0.3 is 36.2 Å². The van der Waals surface area contributed by atoms with E-state index in [9.17, 15) is 20.1 Å². The minimum atomic E-state index is -0.610. The first-order valence-electron chi connectivity index (χ1n) is 10.9. The number of anilines is 1. The van der Waals surface area contributed by atoms with Crippen LogP contribution < -0.4 is 11.1 Å². The van der Waals surface area contributed by atoms with Crippen LogP contribution in [0.4, 0.5) is 10.5 Å². The average molecular weight is 479 g/mol. The Hall–Kier alpha value is -2.46. The molecule has 3 atom stereocenters. The van der Waals surface area contributed by atoms with Crippen LogP contribution in [0.2, 0.25) is 0 Å². The van der Waals surface area contributed by atoms with Crippen molar-refractivity contribution in [3.05, 3.63) is 64.6 Å². The molecular weight excluding hydrogens is 444 g/mol. The quantitative estimate of drug-likeness (QED) is 0.352. The van der Waals surface area contributed by atoms with Crippen molar-refractivity contribution < 1.29 is 30.0 Å². The zero-order chi connectivity index (χ0) is 24.4. The van der Waals surface area contributed by atoms with Gasteiger partial charge in [-0.3, -0.25) is 0 Å². The molecule has 3 rings (SSSR count). The van der Waals surface area contributed by atoms with Crippen LogP contribution in [0.25, 0.3) is 0 Å². The van der Waals surface area contributed by atoms with E-state index in [1.165, 1.54) is 11.8 Å². The summed E-state index contributed by atoms with van der Waals surface area (Å²) in [7, 11) is 1.00. The topological polar surface area (TPSA) is 145 Å². The average Bonchev–Trinajstić information content (AvgIpc) is 2.93. The maximum atomic E-state index is 11.0. The molecule has 182 valence electrons. The number of nitrogens with two attached hydrogens (primary N) is 1. The first-order valence-corrected chi connectivity index (χ1v) is 11.8. The number of carbonyl (C=O) groups excluding carboxylic acids is 1. The Kier molecular flexibility index (Phi) is 10.8. The van der Waals surface area contributed by atoms with Crippen molar-refractivity contribution >= 4 is 23.5 Å². The smallest absolute Gasteiger partial charge is 0.316 e. The van der Waals surface area contributed by atoms with Crippen molar-refractivity contribution in [3.8, 4) is 0 Å². The minimum Gasteiger partial charge on any atom is -0.508 e. The maximum absolute atomic E-state index is 11.0. The Morgan fingerprint density at radius 3 is 2.52 bits per heavy atom. The molecule has 7 N–H and O–H groups in total. The van der Waals surface area contributed by atoms with Gasteiger partial charge in [0.2, 0.25) is 0 Å². The van der Waals surface area contributed by atoms with Gasteiger partial charge in [0.15, 0.2) is 0 Å². The van der Waals surface area contributed by atoms with Crippen LogP contribution in [-0.4, -0.2) is 57.0 Å². The summed E-state index contributed by atoms with van der Waals surface area (Å²) in [5.74, 6) is 0.739. The van der Waals surface area contributed by atoms with Crippen LogP contribution >= 0.6 is 11.8 Å². The van der Waals surface area contributed by atoms with Crippen molar-refractivity contribution in [2.45, 2.75) is 55.8 Å². The second kappa shape index (κ2) is 13.3. The molecule has 3 unspecified atom stereocenters. The minimum absolute atomic E-state index is 0.0121. The fourth-order valence-corrected chi connectivity index (χ4v) is 5.11. The molecule has 1 aromatic rings. The Morgan fingerprint density at radius 2 is 1.91 bits per heavy atom. The highest BCUT2D eigenvalue weighted by atomic mass is 32.2. The molecule has 8 nitrogen and oxygen atoms in total. The van der Waals surface area contributed by atoms with E-state index >= 15 is 0 Å². The second-order valence-electron chi connectivity index (χ2n) is 7.85. The van der Waals surface area contributed by atoms with Gasteiger partial charge in [0.25, 0.3) is 0 Å². The van der Waals surface area contributed by atoms with Gasteiger partial charge in [-0.1, -0.05) is 24.6 Å². The Morgan fingerprint density at radius 1 is 1.21 bits per heavy atom. The molecule has 2 amide bonds. The van der Waals surface area contributed by atoms with Crippen LogP contribution in [0.15, 0.2) is 59.1 Å². The van der Waals surface area contributed by atoms with Crippen molar-refractivity contribution in [1.29, 1.82) is 0 Å². The first kappa shape index (κ1) is 26.8. The molecule has 1 heterocycles. The molecule has 1 aliphatic heterocycles. The van der Waals surface area contributed by atoms with Crippen LogP contribution in [0.1, 0.15) is 38.2 Å². The monoisotopic (exact) mass is 478 g/mol. The fourth-order valence-electron chi connectivity index (χ4n) is 3.77. The third-order valence-electron chi connectivity index (χ3n) is 5.32. The number of rotatable bonds is 7. The highest BCUT2D eigenvalue weighted by Gasteiger charge is 2.30. The predicted octanol–water partition coefficient (Wildman–Crippen LogP) is 3.36. The number of benzene rings is 1. The van der Waals surface area contributed by atoms with Crippen LogP contribution in [-0.2, 0) is 11.2 Å². The molecule has 0 radical (unpaired) electrons. The van der Waals surface area contributed by atoms with Crippen molar-refractivity contribution in [2.24, 2.45) is 5.73 Å². The lowest BCUT2D eigenvalue weighted by Gasteiger charge is -2.32. The predicted molar refractivity (Wildman–Crippen MR) is 131 cm³/mol. The number of thioether (sulfide) groups is 1. The summed E-state index contributed by atoms with van der Waals surface area (Å²) >= 11 is 1.51. The molecule has 0 saturated carbocycles. The molecule has 1 saturated heterocycles. The summed E-state index contributed by atoms with van der Waals surface area (Å²) < 4.78 is 6.27. The Labute approximate surface area is 198 Å². The zero-order valence-electron chi connectivity index (χ0n) is 19.0.